The fourth-order valence-electron chi connectivity index (χ4n) is 4.03. The smallest absolute Gasteiger partial charge is 0.252 e. The van der Waals surface area contributed by atoms with Gasteiger partial charge in [-0.1, -0.05) is 42.5 Å². The highest BCUT2D eigenvalue weighted by molar-refractivity contribution is 7.98. The summed E-state index contributed by atoms with van der Waals surface area (Å²) in [6.07, 6.45) is 5.24. The van der Waals surface area contributed by atoms with Crippen LogP contribution in [-0.2, 0) is 10.5 Å². The molecule has 2 amide bonds. The van der Waals surface area contributed by atoms with Crippen molar-refractivity contribution in [3.05, 3.63) is 108 Å². The molecule has 0 aliphatic heterocycles. The number of rotatable bonds is 14. The van der Waals surface area contributed by atoms with Gasteiger partial charge in [0, 0.05) is 47.1 Å². The molecule has 4 rings (SSSR count). The summed E-state index contributed by atoms with van der Waals surface area (Å²) in [5.41, 5.74) is 6.22. The molecular weight excluding hydrogens is 548 g/mol. The minimum absolute atomic E-state index is 0.242. The number of carbonyl (C=O) groups is 2. The molecule has 0 saturated carbocycles. The van der Waals surface area contributed by atoms with E-state index in [9.17, 15) is 9.59 Å². The highest BCUT2D eigenvalue weighted by Gasteiger charge is 2.12. The van der Waals surface area contributed by atoms with Crippen molar-refractivity contribution in [3.8, 4) is 16.9 Å². The van der Waals surface area contributed by atoms with Crippen molar-refractivity contribution in [1.82, 2.24) is 20.6 Å². The molecule has 0 saturated heterocycles. The summed E-state index contributed by atoms with van der Waals surface area (Å²) in [7, 11) is 0. The van der Waals surface area contributed by atoms with Crippen molar-refractivity contribution >= 4 is 35.5 Å². The molecule has 0 spiro atoms. The van der Waals surface area contributed by atoms with E-state index in [1.54, 1.807) is 30.0 Å². The highest BCUT2D eigenvalue weighted by atomic mass is 32.2. The highest BCUT2D eigenvalue weighted by Crippen LogP contribution is 2.33. The van der Waals surface area contributed by atoms with Gasteiger partial charge >= 0.3 is 0 Å². The lowest BCUT2D eigenvalue weighted by Gasteiger charge is -2.13. The minimum Gasteiger partial charge on any atom is -0.493 e. The number of nitrogens with two attached hydrogens (primary N) is 1. The van der Waals surface area contributed by atoms with Gasteiger partial charge in [-0.25, -0.2) is 10.8 Å². The second kappa shape index (κ2) is 15.9. The fraction of sp³-hybridized carbons (Fsp3) is 0.188. The molecule has 10 heteroatoms. The molecule has 42 heavy (non-hydrogen) atoms. The first-order valence-corrected chi connectivity index (χ1v) is 14.6. The van der Waals surface area contributed by atoms with Crippen LogP contribution in [0.3, 0.4) is 0 Å². The first-order chi connectivity index (χ1) is 20.6. The number of anilines is 1. The van der Waals surface area contributed by atoms with Crippen molar-refractivity contribution in [2.24, 2.45) is 5.84 Å². The van der Waals surface area contributed by atoms with Crippen LogP contribution in [0.5, 0.6) is 5.75 Å². The molecule has 4 aromatic rings. The van der Waals surface area contributed by atoms with Gasteiger partial charge in [-0.2, -0.15) is 0 Å². The van der Waals surface area contributed by atoms with Crippen LogP contribution in [0, 0.1) is 0 Å². The van der Waals surface area contributed by atoms with Crippen molar-refractivity contribution in [1.29, 1.82) is 0 Å². The van der Waals surface area contributed by atoms with Crippen LogP contribution in [0.2, 0.25) is 0 Å². The summed E-state index contributed by atoms with van der Waals surface area (Å²) < 4.78 is 5.86. The van der Waals surface area contributed by atoms with Crippen molar-refractivity contribution in [2.75, 3.05) is 25.1 Å². The molecule has 0 fully saturated rings. The molecule has 216 valence electrons. The molecule has 0 radical (unpaired) electrons. The van der Waals surface area contributed by atoms with Crippen molar-refractivity contribution in [2.45, 2.75) is 24.0 Å². The Kier molecular flexibility index (Phi) is 11.5. The first kappa shape index (κ1) is 30.3. The van der Waals surface area contributed by atoms with Crippen LogP contribution in [-0.4, -0.2) is 41.5 Å². The van der Waals surface area contributed by atoms with Gasteiger partial charge in [-0.05, 0) is 55.8 Å². The van der Waals surface area contributed by atoms with Crippen LogP contribution in [0.25, 0.3) is 17.2 Å². The van der Waals surface area contributed by atoms with E-state index in [-0.39, 0.29) is 11.8 Å². The summed E-state index contributed by atoms with van der Waals surface area (Å²) in [6.45, 7) is 3.29. The number of nitrogen functional groups attached to an aromatic ring is 1. The lowest BCUT2D eigenvalue weighted by Crippen LogP contribution is -2.29. The number of amides is 2. The van der Waals surface area contributed by atoms with Gasteiger partial charge < -0.3 is 20.8 Å². The number of thioether (sulfide) groups is 1. The topological polar surface area (TPSA) is 131 Å². The van der Waals surface area contributed by atoms with Crippen LogP contribution in [0.15, 0.2) is 96.0 Å². The average Bonchev–Trinajstić information content (AvgIpc) is 3.03. The molecule has 2 aromatic heterocycles. The monoisotopic (exact) mass is 582 g/mol. The second-order valence-corrected chi connectivity index (χ2v) is 10.1. The SMILES string of the molecule is CCOc1ccccc1-c1ccc(CSc2ccccc2)nc1/C=C/C(=O)NCCCNC(=O)c1ccc(NN)nc1. The molecule has 5 N–H and O–H groups in total. The van der Waals surface area contributed by atoms with Crippen LogP contribution in [0.4, 0.5) is 5.82 Å². The third-order valence-electron chi connectivity index (χ3n) is 6.09. The van der Waals surface area contributed by atoms with E-state index in [4.69, 9.17) is 15.6 Å². The first-order valence-electron chi connectivity index (χ1n) is 13.6. The molecule has 0 bridgehead atoms. The lowest BCUT2D eigenvalue weighted by molar-refractivity contribution is -0.116. The maximum atomic E-state index is 12.6. The van der Waals surface area contributed by atoms with Crippen LogP contribution < -0.4 is 26.6 Å². The Hall–Kier alpha value is -4.67. The van der Waals surface area contributed by atoms with Gasteiger partial charge in [-0.15, -0.1) is 11.8 Å². The number of nitrogens with one attached hydrogen (secondary N) is 3. The maximum Gasteiger partial charge on any atom is 0.252 e. The number of nitrogens with zero attached hydrogens (tertiary/aromatic N) is 2. The van der Waals surface area contributed by atoms with E-state index < -0.39 is 0 Å². The van der Waals surface area contributed by atoms with Crippen LogP contribution >= 0.6 is 11.8 Å². The quantitative estimate of drug-likeness (QED) is 0.0533. The number of benzene rings is 2. The maximum absolute atomic E-state index is 12.6. The van der Waals surface area contributed by atoms with Crippen molar-refractivity contribution in [3.63, 3.8) is 0 Å². The third-order valence-corrected chi connectivity index (χ3v) is 7.14. The molecule has 2 aromatic carbocycles. The van der Waals surface area contributed by atoms with Gasteiger partial charge in [0.2, 0.25) is 5.91 Å². The Bertz CT molecular complexity index is 1500. The number of carbonyl (C=O) groups excluding carboxylic acids is 2. The summed E-state index contributed by atoms with van der Waals surface area (Å²) in [6, 6.07) is 25.3. The van der Waals surface area contributed by atoms with Gasteiger partial charge in [-0.3, -0.25) is 14.6 Å². The molecule has 0 atom stereocenters. The van der Waals surface area contributed by atoms with E-state index in [0.717, 1.165) is 27.5 Å². The van der Waals surface area contributed by atoms with Gasteiger partial charge in [0.25, 0.3) is 5.91 Å². The zero-order valence-electron chi connectivity index (χ0n) is 23.4. The Morgan fingerprint density at radius 3 is 2.48 bits per heavy atom. The summed E-state index contributed by atoms with van der Waals surface area (Å²) in [4.78, 5) is 35.0. The van der Waals surface area contributed by atoms with E-state index >= 15 is 0 Å². The molecule has 2 heterocycles. The summed E-state index contributed by atoms with van der Waals surface area (Å²) >= 11 is 1.71. The second-order valence-electron chi connectivity index (χ2n) is 9.08. The van der Waals surface area contributed by atoms with Gasteiger partial charge in [0.1, 0.15) is 11.6 Å². The number of ether oxygens (including phenoxy) is 1. The van der Waals surface area contributed by atoms with E-state index in [1.807, 2.05) is 61.5 Å². The lowest BCUT2D eigenvalue weighted by atomic mass is 10.0. The summed E-state index contributed by atoms with van der Waals surface area (Å²) in [5.74, 6) is 6.74. The predicted octanol–water partition coefficient (Wildman–Crippen LogP) is 5.07. The molecule has 0 unspecified atom stereocenters. The molecule has 0 aliphatic rings. The number of hydrazine groups is 1. The Labute approximate surface area is 250 Å². The normalized spacial score (nSPS) is 10.8. The van der Waals surface area contributed by atoms with E-state index in [1.165, 1.54) is 12.3 Å². The fourth-order valence-corrected chi connectivity index (χ4v) is 4.85. The van der Waals surface area contributed by atoms with Gasteiger partial charge in [0.15, 0.2) is 0 Å². The van der Waals surface area contributed by atoms with Gasteiger partial charge in [0.05, 0.1) is 23.6 Å². The Balaban J connectivity index is 1.38. The Morgan fingerprint density at radius 1 is 0.929 bits per heavy atom. The van der Waals surface area contributed by atoms with Crippen molar-refractivity contribution < 1.29 is 14.3 Å². The van der Waals surface area contributed by atoms with Crippen LogP contribution in [0.1, 0.15) is 35.1 Å². The summed E-state index contributed by atoms with van der Waals surface area (Å²) in [5, 5.41) is 5.68. The zero-order chi connectivity index (χ0) is 29.6. The molecular formula is C32H34N6O3S. The number of hydrogen-bond donors (Lipinski definition) is 4. The van der Waals surface area contributed by atoms with E-state index in [2.05, 4.69) is 33.2 Å². The Morgan fingerprint density at radius 2 is 1.71 bits per heavy atom. The van der Waals surface area contributed by atoms with E-state index in [0.29, 0.717) is 48.9 Å². The molecule has 9 nitrogen and oxygen atoms in total. The molecule has 0 aliphatic carbocycles. The third kappa shape index (κ3) is 8.92. The largest absolute Gasteiger partial charge is 0.493 e. The number of hydrogen-bond acceptors (Lipinski definition) is 8. The standard InChI is InChI=1S/C32H34N6O3S/c1-2-41-29-12-7-6-11-27(29)26-15-14-24(22-42-25-9-4-3-5-10-25)37-28(26)16-18-31(39)34-19-8-20-35-32(40)23-13-17-30(38-33)36-21-23/h3-7,9-18,21H,2,8,19-20,22,33H2,1H3,(H,34,39)(H,35,40)(H,36,38)/b18-16+. The number of aromatic nitrogens is 2. The number of pyridine rings is 2. The predicted molar refractivity (Wildman–Crippen MR) is 168 cm³/mol. The minimum atomic E-state index is -0.245. The average molecular weight is 583 g/mol. The number of para-hydroxylation sites is 1. The zero-order valence-corrected chi connectivity index (χ0v) is 24.2.